The topological polar surface area (TPSA) is 113 Å². The SMILES string of the molecule is CC(C)(C)NC(=O)c1ccc(B(O)O)c([N+](=O)[O-])c1. The van der Waals surface area contributed by atoms with E-state index >= 15 is 0 Å². The molecular formula is C11H15BN2O5. The maximum absolute atomic E-state index is 11.9. The molecule has 7 nitrogen and oxygen atoms in total. The maximum atomic E-state index is 11.9. The monoisotopic (exact) mass is 266 g/mol. The van der Waals surface area contributed by atoms with Gasteiger partial charge in [-0.05, 0) is 26.8 Å². The number of nitrogens with one attached hydrogen (secondary N) is 1. The normalized spacial score (nSPS) is 11.0. The molecule has 0 aliphatic carbocycles. The van der Waals surface area contributed by atoms with Gasteiger partial charge in [-0.3, -0.25) is 14.9 Å². The van der Waals surface area contributed by atoms with Gasteiger partial charge in [-0.2, -0.15) is 0 Å². The van der Waals surface area contributed by atoms with Crippen LogP contribution in [0.1, 0.15) is 31.1 Å². The van der Waals surface area contributed by atoms with Crippen molar-refractivity contribution in [3.8, 4) is 0 Å². The lowest BCUT2D eigenvalue weighted by Crippen LogP contribution is -2.41. The van der Waals surface area contributed by atoms with Gasteiger partial charge in [0, 0.05) is 17.2 Å². The number of benzene rings is 1. The van der Waals surface area contributed by atoms with Crippen LogP contribution in [0.3, 0.4) is 0 Å². The van der Waals surface area contributed by atoms with Crippen molar-refractivity contribution in [2.45, 2.75) is 26.3 Å². The molecule has 1 aromatic carbocycles. The number of carbonyl (C=O) groups is 1. The van der Waals surface area contributed by atoms with Gasteiger partial charge in [-0.15, -0.1) is 0 Å². The van der Waals surface area contributed by atoms with Crippen LogP contribution < -0.4 is 10.8 Å². The van der Waals surface area contributed by atoms with Crippen molar-refractivity contribution < 1.29 is 19.8 Å². The average Bonchev–Trinajstić information content (AvgIpc) is 2.25. The molecule has 3 N–H and O–H groups in total. The van der Waals surface area contributed by atoms with Gasteiger partial charge in [0.1, 0.15) is 0 Å². The molecule has 1 aromatic rings. The zero-order chi connectivity index (χ0) is 14.8. The molecule has 0 saturated carbocycles. The third-order valence-corrected chi connectivity index (χ3v) is 2.26. The van der Waals surface area contributed by atoms with Crippen molar-refractivity contribution in [2.24, 2.45) is 0 Å². The molecule has 0 bridgehead atoms. The molecule has 0 radical (unpaired) electrons. The first-order chi connectivity index (χ1) is 8.61. The van der Waals surface area contributed by atoms with Gasteiger partial charge in [0.05, 0.1) is 10.4 Å². The summed E-state index contributed by atoms with van der Waals surface area (Å²) in [6.07, 6.45) is 0. The summed E-state index contributed by atoms with van der Waals surface area (Å²) in [7, 11) is -1.96. The highest BCUT2D eigenvalue weighted by Crippen LogP contribution is 2.13. The number of hydrogen-bond donors (Lipinski definition) is 3. The third-order valence-electron chi connectivity index (χ3n) is 2.26. The lowest BCUT2D eigenvalue weighted by molar-refractivity contribution is -0.383. The molecule has 0 atom stereocenters. The number of nitrogens with zero attached hydrogens (tertiary/aromatic N) is 1. The Labute approximate surface area is 110 Å². The lowest BCUT2D eigenvalue weighted by Gasteiger charge is -2.20. The maximum Gasteiger partial charge on any atom is 0.495 e. The van der Waals surface area contributed by atoms with Gasteiger partial charge >= 0.3 is 7.12 Å². The Morgan fingerprint density at radius 3 is 2.37 bits per heavy atom. The van der Waals surface area contributed by atoms with E-state index in [4.69, 9.17) is 10.0 Å². The number of hydrogen-bond acceptors (Lipinski definition) is 5. The first kappa shape index (κ1) is 15.1. The fourth-order valence-electron chi connectivity index (χ4n) is 1.47. The van der Waals surface area contributed by atoms with Gasteiger partial charge < -0.3 is 15.4 Å². The highest BCUT2D eigenvalue weighted by molar-refractivity contribution is 6.60. The van der Waals surface area contributed by atoms with Gasteiger partial charge in [0.2, 0.25) is 0 Å². The van der Waals surface area contributed by atoms with Crippen LogP contribution in [0.15, 0.2) is 18.2 Å². The highest BCUT2D eigenvalue weighted by atomic mass is 16.6. The highest BCUT2D eigenvalue weighted by Gasteiger charge is 2.26. The van der Waals surface area contributed by atoms with Crippen molar-refractivity contribution in [1.29, 1.82) is 0 Å². The summed E-state index contributed by atoms with van der Waals surface area (Å²) in [4.78, 5) is 21.9. The minimum absolute atomic E-state index is 0.0889. The van der Waals surface area contributed by atoms with E-state index in [1.54, 1.807) is 20.8 Å². The second kappa shape index (κ2) is 5.37. The van der Waals surface area contributed by atoms with E-state index in [0.717, 1.165) is 12.1 Å². The average molecular weight is 266 g/mol. The minimum Gasteiger partial charge on any atom is -0.423 e. The van der Waals surface area contributed by atoms with Crippen LogP contribution >= 0.6 is 0 Å². The molecule has 0 aromatic heterocycles. The number of rotatable bonds is 3. The fourth-order valence-corrected chi connectivity index (χ4v) is 1.47. The lowest BCUT2D eigenvalue weighted by atomic mass is 9.78. The van der Waals surface area contributed by atoms with E-state index in [0.29, 0.717) is 0 Å². The molecule has 0 heterocycles. The molecule has 8 heteroatoms. The van der Waals surface area contributed by atoms with Crippen LogP contribution in [-0.4, -0.2) is 33.5 Å². The molecule has 0 fully saturated rings. The zero-order valence-electron chi connectivity index (χ0n) is 10.9. The summed E-state index contributed by atoms with van der Waals surface area (Å²) in [5.41, 5.74) is -1.14. The smallest absolute Gasteiger partial charge is 0.423 e. The van der Waals surface area contributed by atoms with Gasteiger partial charge in [0.15, 0.2) is 0 Å². The molecule has 19 heavy (non-hydrogen) atoms. The van der Waals surface area contributed by atoms with Crippen molar-refractivity contribution in [1.82, 2.24) is 5.32 Å². The molecule has 0 aliphatic rings. The molecule has 0 spiro atoms. The first-order valence-electron chi connectivity index (χ1n) is 5.59. The summed E-state index contributed by atoms with van der Waals surface area (Å²) in [6, 6.07) is 3.49. The van der Waals surface area contributed by atoms with Crippen molar-refractivity contribution in [3.05, 3.63) is 33.9 Å². The number of carbonyl (C=O) groups excluding carboxylic acids is 1. The van der Waals surface area contributed by atoms with Crippen molar-refractivity contribution in [3.63, 3.8) is 0 Å². The number of nitro groups is 1. The van der Waals surface area contributed by atoms with Gasteiger partial charge in [0.25, 0.3) is 11.6 Å². The zero-order valence-corrected chi connectivity index (χ0v) is 10.9. The fraction of sp³-hybridized carbons (Fsp3) is 0.364. The second-order valence-electron chi connectivity index (χ2n) is 5.11. The van der Waals surface area contributed by atoms with Gasteiger partial charge in [-0.1, -0.05) is 6.07 Å². The van der Waals surface area contributed by atoms with Crippen LogP contribution in [-0.2, 0) is 0 Å². The van der Waals surface area contributed by atoms with E-state index < -0.39 is 29.2 Å². The van der Waals surface area contributed by atoms with Crippen LogP contribution in [0.5, 0.6) is 0 Å². The Hall–Kier alpha value is -1.93. The summed E-state index contributed by atoms with van der Waals surface area (Å²) in [5.74, 6) is -0.463. The Kier molecular flexibility index (Phi) is 4.28. The Morgan fingerprint density at radius 2 is 1.95 bits per heavy atom. The largest absolute Gasteiger partial charge is 0.495 e. The minimum atomic E-state index is -1.96. The number of amides is 1. The summed E-state index contributed by atoms with van der Waals surface area (Å²) < 4.78 is 0. The molecule has 1 rings (SSSR count). The van der Waals surface area contributed by atoms with E-state index in [-0.39, 0.29) is 11.0 Å². The quantitative estimate of drug-likeness (QED) is 0.398. The molecule has 0 unspecified atom stereocenters. The van der Waals surface area contributed by atoms with E-state index in [9.17, 15) is 14.9 Å². The van der Waals surface area contributed by atoms with Crippen molar-refractivity contribution in [2.75, 3.05) is 0 Å². The predicted octanol–water partition coefficient (Wildman–Crippen LogP) is -0.197. The molecule has 0 saturated heterocycles. The van der Waals surface area contributed by atoms with Crippen LogP contribution in [0.25, 0.3) is 0 Å². The molecule has 0 aliphatic heterocycles. The predicted molar refractivity (Wildman–Crippen MR) is 70.1 cm³/mol. The van der Waals surface area contributed by atoms with Gasteiger partial charge in [-0.25, -0.2) is 0 Å². The standard InChI is InChI=1S/C11H15BN2O5/c1-11(2,3)13-10(15)7-4-5-8(12(16)17)9(6-7)14(18)19/h4-6,16-17H,1-3H3,(H,13,15). The second-order valence-corrected chi connectivity index (χ2v) is 5.11. The summed E-state index contributed by atoms with van der Waals surface area (Å²) >= 11 is 0. The molecule has 1 amide bonds. The van der Waals surface area contributed by atoms with E-state index in [1.807, 2.05) is 0 Å². The van der Waals surface area contributed by atoms with Crippen molar-refractivity contribution >= 4 is 24.2 Å². The van der Waals surface area contributed by atoms with E-state index in [2.05, 4.69) is 5.32 Å². The number of nitro benzene ring substituents is 1. The first-order valence-corrected chi connectivity index (χ1v) is 5.59. The molecular weight excluding hydrogens is 251 g/mol. The Bertz CT molecular complexity index is 510. The van der Waals surface area contributed by atoms with Crippen LogP contribution in [0.4, 0.5) is 5.69 Å². The Morgan fingerprint density at radius 1 is 1.37 bits per heavy atom. The Balaban J connectivity index is 3.16. The van der Waals surface area contributed by atoms with E-state index in [1.165, 1.54) is 6.07 Å². The van der Waals surface area contributed by atoms with Crippen LogP contribution in [0, 0.1) is 10.1 Å². The van der Waals surface area contributed by atoms with Crippen LogP contribution in [0.2, 0.25) is 0 Å². The molecule has 102 valence electrons. The summed E-state index contributed by atoms with van der Waals surface area (Å²) in [6.45, 7) is 5.35. The third kappa shape index (κ3) is 4.04. The summed E-state index contributed by atoms with van der Waals surface area (Å²) in [5, 5.41) is 31.5.